The molecule has 8 nitrogen and oxygen atoms in total. The van der Waals surface area contributed by atoms with Gasteiger partial charge in [-0.3, -0.25) is 14.6 Å². The van der Waals surface area contributed by atoms with Crippen molar-refractivity contribution in [3.05, 3.63) is 65.5 Å². The molecule has 3 rings (SSSR count). The second kappa shape index (κ2) is 10.00. The van der Waals surface area contributed by atoms with E-state index in [1.165, 1.54) is 4.90 Å². The van der Waals surface area contributed by atoms with Gasteiger partial charge in [-0.2, -0.15) is 0 Å². The number of carbonyl (C=O) groups excluding carboxylic acids is 2. The first-order valence-electron chi connectivity index (χ1n) is 9.69. The lowest BCUT2D eigenvalue weighted by Gasteiger charge is -2.24. The van der Waals surface area contributed by atoms with Crippen molar-refractivity contribution in [2.45, 2.75) is 13.0 Å². The van der Waals surface area contributed by atoms with Crippen LogP contribution < -0.4 is 4.74 Å². The summed E-state index contributed by atoms with van der Waals surface area (Å²) in [6.45, 7) is 2.62. The molecule has 1 amide bonds. The van der Waals surface area contributed by atoms with Crippen LogP contribution in [-0.2, 0) is 14.3 Å². The standard InChI is InChI=1S/C22H24N2O6/c1-2-30-16-8-6-15(7-9-16)20(26)18-19(17-5-3-4-10-23-17)24(22(28)21(18)27)11-13-29-14-12-25/h3-10,19,25-26H,2,11-14H2,1H3/b20-18+/t19-/m0/s1. The molecule has 8 heteroatoms. The molecular formula is C22H24N2O6. The van der Waals surface area contributed by atoms with Crippen LogP contribution in [0.5, 0.6) is 5.75 Å². The number of pyridine rings is 1. The summed E-state index contributed by atoms with van der Waals surface area (Å²) in [6.07, 6.45) is 1.56. The summed E-state index contributed by atoms with van der Waals surface area (Å²) in [7, 11) is 0. The predicted molar refractivity (Wildman–Crippen MR) is 109 cm³/mol. The van der Waals surface area contributed by atoms with Crippen molar-refractivity contribution < 1.29 is 29.3 Å². The van der Waals surface area contributed by atoms with Gasteiger partial charge in [0.25, 0.3) is 11.7 Å². The van der Waals surface area contributed by atoms with Gasteiger partial charge >= 0.3 is 0 Å². The smallest absolute Gasteiger partial charge is 0.295 e. The molecule has 1 fully saturated rings. The third kappa shape index (κ3) is 4.50. The zero-order chi connectivity index (χ0) is 21.5. The number of aromatic nitrogens is 1. The zero-order valence-electron chi connectivity index (χ0n) is 16.7. The number of hydrogen-bond donors (Lipinski definition) is 2. The minimum atomic E-state index is -0.838. The Bertz CT molecular complexity index is 911. The van der Waals surface area contributed by atoms with Crippen molar-refractivity contribution >= 4 is 17.4 Å². The van der Waals surface area contributed by atoms with Crippen LogP contribution in [0.3, 0.4) is 0 Å². The Morgan fingerprint density at radius 1 is 1.13 bits per heavy atom. The lowest BCUT2D eigenvalue weighted by molar-refractivity contribution is -0.140. The first kappa shape index (κ1) is 21.5. The van der Waals surface area contributed by atoms with Crippen molar-refractivity contribution in [3.8, 4) is 5.75 Å². The lowest BCUT2D eigenvalue weighted by Crippen LogP contribution is -2.33. The number of amides is 1. The van der Waals surface area contributed by atoms with E-state index in [0.29, 0.717) is 23.6 Å². The van der Waals surface area contributed by atoms with Crippen molar-refractivity contribution in [3.63, 3.8) is 0 Å². The molecule has 158 valence electrons. The van der Waals surface area contributed by atoms with E-state index in [4.69, 9.17) is 14.6 Å². The fraction of sp³-hybridized carbons (Fsp3) is 0.318. The molecule has 1 aromatic heterocycles. The number of likely N-dealkylation sites (tertiary alicyclic amines) is 1. The molecule has 1 saturated heterocycles. The molecule has 0 saturated carbocycles. The highest BCUT2D eigenvalue weighted by Crippen LogP contribution is 2.38. The minimum Gasteiger partial charge on any atom is -0.507 e. The van der Waals surface area contributed by atoms with Crippen LogP contribution in [0.25, 0.3) is 5.76 Å². The fourth-order valence-corrected chi connectivity index (χ4v) is 3.32. The minimum absolute atomic E-state index is 0.0231. The van der Waals surface area contributed by atoms with Crippen LogP contribution in [0.15, 0.2) is 54.2 Å². The summed E-state index contributed by atoms with van der Waals surface area (Å²) in [6, 6.07) is 11.0. The third-order valence-electron chi connectivity index (χ3n) is 4.66. The highest BCUT2D eigenvalue weighted by atomic mass is 16.5. The summed E-state index contributed by atoms with van der Waals surface area (Å²) in [5, 5.41) is 19.8. The number of rotatable bonds is 9. The van der Waals surface area contributed by atoms with Crippen LogP contribution in [0, 0.1) is 0 Å². The van der Waals surface area contributed by atoms with Crippen molar-refractivity contribution in [1.29, 1.82) is 0 Å². The average Bonchev–Trinajstić information content (AvgIpc) is 3.02. The van der Waals surface area contributed by atoms with E-state index in [0.717, 1.165) is 0 Å². The molecule has 0 bridgehead atoms. The Morgan fingerprint density at radius 3 is 2.53 bits per heavy atom. The quantitative estimate of drug-likeness (QED) is 0.280. The topological polar surface area (TPSA) is 109 Å². The number of nitrogens with zero attached hydrogens (tertiary/aromatic N) is 2. The predicted octanol–water partition coefficient (Wildman–Crippen LogP) is 1.91. The van der Waals surface area contributed by atoms with E-state index < -0.39 is 17.7 Å². The van der Waals surface area contributed by atoms with Crippen LogP contribution in [0.2, 0.25) is 0 Å². The molecule has 1 aliphatic heterocycles. The number of hydrogen-bond acceptors (Lipinski definition) is 7. The van der Waals surface area contributed by atoms with Crippen LogP contribution in [0.4, 0.5) is 0 Å². The van der Waals surface area contributed by atoms with Gasteiger partial charge in [0.15, 0.2) is 0 Å². The highest BCUT2D eigenvalue weighted by molar-refractivity contribution is 6.46. The Morgan fingerprint density at radius 2 is 1.90 bits per heavy atom. The van der Waals surface area contributed by atoms with Crippen LogP contribution in [0.1, 0.15) is 24.2 Å². The Labute approximate surface area is 174 Å². The second-order valence-electron chi connectivity index (χ2n) is 6.54. The zero-order valence-corrected chi connectivity index (χ0v) is 16.7. The monoisotopic (exact) mass is 412 g/mol. The molecule has 30 heavy (non-hydrogen) atoms. The van der Waals surface area contributed by atoms with Crippen LogP contribution >= 0.6 is 0 Å². The molecule has 1 aliphatic rings. The molecule has 0 aliphatic carbocycles. The second-order valence-corrected chi connectivity index (χ2v) is 6.54. The number of benzene rings is 1. The van der Waals surface area contributed by atoms with Gasteiger partial charge in [0.05, 0.1) is 37.7 Å². The number of carbonyl (C=O) groups is 2. The number of aliphatic hydroxyl groups excluding tert-OH is 2. The van der Waals surface area contributed by atoms with E-state index in [2.05, 4.69) is 4.98 Å². The molecule has 1 aromatic carbocycles. The van der Waals surface area contributed by atoms with Gasteiger partial charge < -0.3 is 24.6 Å². The van der Waals surface area contributed by atoms with E-state index in [-0.39, 0.29) is 37.7 Å². The average molecular weight is 412 g/mol. The molecule has 1 atom stereocenters. The summed E-state index contributed by atoms with van der Waals surface area (Å²) < 4.78 is 10.7. The molecule has 2 aromatic rings. The number of Topliss-reactive ketones (excluding diaryl/α,β-unsaturated/α-hetero) is 1. The first-order chi connectivity index (χ1) is 14.6. The summed E-state index contributed by atoms with van der Waals surface area (Å²) in [4.78, 5) is 31.2. The normalized spacial score (nSPS) is 18.1. The van der Waals surface area contributed by atoms with Gasteiger partial charge in [-0.1, -0.05) is 6.07 Å². The maximum atomic E-state index is 12.8. The van der Waals surface area contributed by atoms with Crippen LogP contribution in [-0.4, -0.2) is 64.8 Å². The van der Waals surface area contributed by atoms with Gasteiger partial charge in [0.1, 0.15) is 17.6 Å². The molecule has 0 radical (unpaired) electrons. The van der Waals surface area contributed by atoms with E-state index in [9.17, 15) is 14.7 Å². The van der Waals surface area contributed by atoms with Gasteiger partial charge in [0.2, 0.25) is 0 Å². The molecule has 0 spiro atoms. The Hall–Kier alpha value is -3.23. The van der Waals surface area contributed by atoms with Gasteiger partial charge in [-0.15, -0.1) is 0 Å². The first-order valence-corrected chi connectivity index (χ1v) is 9.69. The van der Waals surface area contributed by atoms with E-state index in [1.54, 1.807) is 48.7 Å². The summed E-state index contributed by atoms with van der Waals surface area (Å²) in [5.74, 6) is -1.15. The van der Waals surface area contributed by atoms with Gasteiger partial charge in [-0.05, 0) is 43.3 Å². The maximum Gasteiger partial charge on any atom is 0.295 e. The van der Waals surface area contributed by atoms with E-state index in [1.807, 2.05) is 6.92 Å². The number of ketones is 1. The fourth-order valence-electron chi connectivity index (χ4n) is 3.32. The lowest BCUT2D eigenvalue weighted by atomic mass is 9.98. The van der Waals surface area contributed by atoms with Crippen molar-refractivity contribution in [2.75, 3.05) is 33.0 Å². The molecule has 2 heterocycles. The number of aliphatic hydroxyl groups is 2. The third-order valence-corrected chi connectivity index (χ3v) is 4.66. The van der Waals surface area contributed by atoms with Gasteiger partial charge in [0, 0.05) is 18.3 Å². The number of ether oxygens (including phenoxy) is 2. The maximum absolute atomic E-state index is 12.8. The highest BCUT2D eigenvalue weighted by Gasteiger charge is 2.46. The summed E-state index contributed by atoms with van der Waals surface area (Å²) in [5.41, 5.74) is 0.838. The molecule has 0 unspecified atom stereocenters. The van der Waals surface area contributed by atoms with E-state index >= 15 is 0 Å². The Balaban J connectivity index is 2.00. The summed E-state index contributed by atoms with van der Waals surface area (Å²) >= 11 is 0. The Kier molecular flexibility index (Phi) is 7.16. The molecule has 2 N–H and O–H groups in total. The SMILES string of the molecule is CCOc1ccc(/C(O)=C2\C(=O)C(=O)N(CCOCCO)[C@H]2c2ccccn2)cc1. The largest absolute Gasteiger partial charge is 0.507 e. The van der Waals surface area contributed by atoms with Crippen molar-refractivity contribution in [1.82, 2.24) is 9.88 Å². The van der Waals surface area contributed by atoms with Gasteiger partial charge in [-0.25, -0.2) is 0 Å². The van der Waals surface area contributed by atoms with Crippen molar-refractivity contribution in [2.24, 2.45) is 0 Å². The molecular weight excluding hydrogens is 388 g/mol.